The highest BCUT2D eigenvalue weighted by Gasteiger charge is 2.20. The van der Waals surface area contributed by atoms with E-state index in [1.165, 1.54) is 123 Å². The Morgan fingerprint density at radius 1 is 0.512 bits per heavy atom. The third-order valence-electron chi connectivity index (χ3n) is 8.08. The lowest BCUT2D eigenvalue weighted by Gasteiger charge is -2.16. The van der Waals surface area contributed by atoms with Gasteiger partial charge < -0.3 is 15.4 Å². The van der Waals surface area contributed by atoms with Gasteiger partial charge in [0.1, 0.15) is 6.04 Å². The van der Waals surface area contributed by atoms with Crippen LogP contribution < -0.4 is 10.6 Å². The molecule has 242 valence electrons. The Hall–Kier alpha value is -1.59. The molecule has 0 aliphatic rings. The van der Waals surface area contributed by atoms with E-state index < -0.39 is 12.0 Å². The number of esters is 1. The average Bonchev–Trinajstić information content (AvgIpc) is 2.97. The molecule has 0 aromatic carbocycles. The lowest BCUT2D eigenvalue weighted by molar-refractivity contribution is -0.145. The van der Waals surface area contributed by atoms with Crippen molar-refractivity contribution >= 4 is 17.8 Å². The topological polar surface area (TPSA) is 84.5 Å². The summed E-state index contributed by atoms with van der Waals surface area (Å²) in [5, 5.41) is 5.86. The van der Waals surface area contributed by atoms with Gasteiger partial charge in [0.15, 0.2) is 0 Å². The van der Waals surface area contributed by atoms with Crippen LogP contribution in [0.1, 0.15) is 187 Å². The molecule has 6 heteroatoms. The largest absolute Gasteiger partial charge is 0.467 e. The maximum Gasteiger partial charge on any atom is 0.328 e. The van der Waals surface area contributed by atoms with Gasteiger partial charge in [-0.2, -0.15) is 0 Å². The van der Waals surface area contributed by atoms with Gasteiger partial charge in [0.05, 0.1) is 7.11 Å². The quantitative estimate of drug-likeness (QED) is 0.0632. The van der Waals surface area contributed by atoms with Gasteiger partial charge in [-0.25, -0.2) is 4.79 Å². The highest BCUT2D eigenvalue weighted by Crippen LogP contribution is 2.14. The zero-order valence-corrected chi connectivity index (χ0v) is 27.5. The first-order valence-corrected chi connectivity index (χ1v) is 17.7. The van der Waals surface area contributed by atoms with E-state index >= 15 is 0 Å². The Balaban J connectivity index is 3.76. The number of ether oxygens (including phenoxy) is 1. The number of rotatable bonds is 31. The maximum absolute atomic E-state index is 12.4. The average molecular weight is 581 g/mol. The highest BCUT2D eigenvalue weighted by molar-refractivity contribution is 5.84. The molecule has 0 saturated carbocycles. The second-order valence-electron chi connectivity index (χ2n) is 12.1. The fourth-order valence-corrected chi connectivity index (χ4v) is 5.35. The predicted molar refractivity (Wildman–Crippen MR) is 173 cm³/mol. The molecule has 0 unspecified atom stereocenters. The molecule has 0 aliphatic heterocycles. The molecular weight excluding hydrogens is 512 g/mol. The standard InChI is InChI=1S/C35H68N2O4/c1-4-6-8-10-12-14-15-16-17-19-21-23-25-30-34(39)37-32(35(40)41-3)28-26-27-31-36-33(38)29-24-22-20-18-13-11-9-7-5-2/h32H,4-31H2,1-3H3,(H,36,38)(H,37,39)/t32-/m0/s1. The minimum Gasteiger partial charge on any atom is -0.467 e. The lowest BCUT2D eigenvalue weighted by Crippen LogP contribution is -2.41. The van der Waals surface area contributed by atoms with E-state index in [2.05, 4.69) is 24.5 Å². The number of carbonyl (C=O) groups is 3. The number of hydrogen-bond donors (Lipinski definition) is 2. The first-order valence-electron chi connectivity index (χ1n) is 17.7. The summed E-state index contributed by atoms with van der Waals surface area (Å²) in [6.07, 6.45) is 30.9. The SMILES string of the molecule is CCCCCCCCCCCCCCCC(=O)N[C@@H](CCCCNC(=O)CCCCCCCCCCC)C(=O)OC. The zero-order valence-electron chi connectivity index (χ0n) is 27.5. The van der Waals surface area contributed by atoms with Crippen molar-refractivity contribution in [3.8, 4) is 0 Å². The molecule has 2 N–H and O–H groups in total. The van der Waals surface area contributed by atoms with Gasteiger partial charge in [0.25, 0.3) is 0 Å². The Bertz CT molecular complexity index is 611. The van der Waals surface area contributed by atoms with E-state index in [0.29, 0.717) is 25.8 Å². The number of unbranched alkanes of at least 4 members (excludes halogenated alkanes) is 21. The number of methoxy groups -OCH3 is 1. The molecule has 0 rings (SSSR count). The minimum absolute atomic E-state index is 0.0715. The Morgan fingerprint density at radius 2 is 0.902 bits per heavy atom. The van der Waals surface area contributed by atoms with Gasteiger partial charge in [-0.1, -0.05) is 142 Å². The Morgan fingerprint density at radius 3 is 1.32 bits per heavy atom. The van der Waals surface area contributed by atoms with E-state index in [-0.39, 0.29) is 11.8 Å². The van der Waals surface area contributed by atoms with Crippen LogP contribution in [0.4, 0.5) is 0 Å². The third-order valence-corrected chi connectivity index (χ3v) is 8.08. The van der Waals surface area contributed by atoms with Crippen LogP contribution in [0.3, 0.4) is 0 Å². The first kappa shape index (κ1) is 39.4. The van der Waals surface area contributed by atoms with Gasteiger partial charge >= 0.3 is 5.97 Å². The minimum atomic E-state index is -0.604. The molecule has 2 amide bonds. The van der Waals surface area contributed by atoms with Crippen LogP contribution in [0.5, 0.6) is 0 Å². The first-order chi connectivity index (χ1) is 20.0. The molecular formula is C35H68N2O4. The summed E-state index contributed by atoms with van der Waals surface area (Å²) >= 11 is 0. The molecule has 6 nitrogen and oxygen atoms in total. The zero-order chi connectivity index (χ0) is 30.2. The summed E-state index contributed by atoms with van der Waals surface area (Å²) in [4.78, 5) is 36.6. The molecule has 0 saturated heterocycles. The van der Waals surface area contributed by atoms with Crippen LogP contribution in [0.15, 0.2) is 0 Å². The van der Waals surface area contributed by atoms with Crippen molar-refractivity contribution in [2.24, 2.45) is 0 Å². The van der Waals surface area contributed by atoms with Crippen molar-refractivity contribution < 1.29 is 19.1 Å². The fourth-order valence-electron chi connectivity index (χ4n) is 5.35. The van der Waals surface area contributed by atoms with Gasteiger partial charge in [0, 0.05) is 19.4 Å². The number of nitrogens with one attached hydrogen (secondary N) is 2. The van der Waals surface area contributed by atoms with Crippen molar-refractivity contribution in [3.05, 3.63) is 0 Å². The van der Waals surface area contributed by atoms with E-state index in [1.807, 2.05) is 0 Å². The third kappa shape index (κ3) is 28.3. The molecule has 0 spiro atoms. The summed E-state index contributed by atoms with van der Waals surface area (Å²) in [5.41, 5.74) is 0. The Kier molecular flexibility index (Phi) is 30.1. The van der Waals surface area contributed by atoms with Gasteiger partial charge in [0.2, 0.25) is 11.8 Å². The van der Waals surface area contributed by atoms with Crippen LogP contribution in [0.25, 0.3) is 0 Å². The molecule has 0 aromatic heterocycles. The van der Waals surface area contributed by atoms with E-state index in [1.54, 1.807) is 0 Å². The monoisotopic (exact) mass is 581 g/mol. The second-order valence-corrected chi connectivity index (χ2v) is 12.1. The highest BCUT2D eigenvalue weighted by atomic mass is 16.5. The molecule has 0 heterocycles. The maximum atomic E-state index is 12.4. The predicted octanol–water partition coefficient (Wildman–Crippen LogP) is 9.33. The molecule has 1 atom stereocenters. The van der Waals surface area contributed by atoms with E-state index in [9.17, 15) is 14.4 Å². The van der Waals surface area contributed by atoms with Crippen LogP contribution >= 0.6 is 0 Å². The van der Waals surface area contributed by atoms with E-state index in [0.717, 1.165) is 38.5 Å². The molecule has 0 radical (unpaired) electrons. The number of amides is 2. The van der Waals surface area contributed by atoms with Crippen molar-refractivity contribution in [3.63, 3.8) is 0 Å². The summed E-state index contributed by atoms with van der Waals surface area (Å²) in [7, 11) is 1.36. The van der Waals surface area contributed by atoms with Crippen molar-refractivity contribution in [2.75, 3.05) is 13.7 Å². The van der Waals surface area contributed by atoms with Gasteiger partial charge in [-0.3, -0.25) is 9.59 Å². The van der Waals surface area contributed by atoms with E-state index in [4.69, 9.17) is 4.74 Å². The molecule has 0 aliphatic carbocycles. The Labute approximate surface area is 254 Å². The van der Waals surface area contributed by atoms with Crippen LogP contribution in [-0.4, -0.2) is 37.5 Å². The molecule has 0 fully saturated rings. The normalized spacial score (nSPS) is 11.8. The van der Waals surface area contributed by atoms with Crippen molar-refractivity contribution in [1.29, 1.82) is 0 Å². The summed E-state index contributed by atoms with van der Waals surface area (Å²) in [6, 6.07) is -0.604. The van der Waals surface area contributed by atoms with Crippen LogP contribution in [-0.2, 0) is 19.1 Å². The van der Waals surface area contributed by atoms with Crippen LogP contribution in [0.2, 0.25) is 0 Å². The molecule has 0 aromatic rings. The van der Waals surface area contributed by atoms with Crippen molar-refractivity contribution in [1.82, 2.24) is 10.6 Å². The summed E-state index contributed by atoms with van der Waals surface area (Å²) < 4.78 is 4.90. The summed E-state index contributed by atoms with van der Waals surface area (Å²) in [6.45, 7) is 5.11. The van der Waals surface area contributed by atoms with Gasteiger partial charge in [-0.05, 0) is 32.1 Å². The van der Waals surface area contributed by atoms with Gasteiger partial charge in [-0.15, -0.1) is 0 Å². The lowest BCUT2D eigenvalue weighted by atomic mass is 10.0. The molecule has 0 bridgehead atoms. The number of hydrogen-bond acceptors (Lipinski definition) is 4. The van der Waals surface area contributed by atoms with Crippen molar-refractivity contribution in [2.45, 2.75) is 193 Å². The molecule has 41 heavy (non-hydrogen) atoms. The number of carbonyl (C=O) groups excluding carboxylic acids is 3. The summed E-state index contributed by atoms with van der Waals surface area (Å²) in [5.74, 6) is -0.348. The fraction of sp³-hybridized carbons (Fsp3) is 0.914. The van der Waals surface area contributed by atoms with Crippen LogP contribution in [0, 0.1) is 0 Å². The second kappa shape index (κ2) is 31.3. The smallest absolute Gasteiger partial charge is 0.328 e.